The third kappa shape index (κ3) is 4.79. The second kappa shape index (κ2) is 9.93. The maximum atomic E-state index is 12.3. The lowest BCUT2D eigenvalue weighted by Crippen LogP contribution is -2.49. The van der Waals surface area contributed by atoms with Gasteiger partial charge in [0.1, 0.15) is 18.1 Å². The van der Waals surface area contributed by atoms with Crippen LogP contribution < -0.4 is 26.2 Å². The first kappa shape index (κ1) is 24.1. The van der Waals surface area contributed by atoms with Crippen LogP contribution in [0, 0.1) is 20.8 Å². The van der Waals surface area contributed by atoms with E-state index in [-0.39, 0.29) is 6.61 Å². The van der Waals surface area contributed by atoms with Crippen molar-refractivity contribution in [3.8, 4) is 17.2 Å². The number of rotatable bonds is 7. The second-order valence-corrected chi connectivity index (χ2v) is 7.87. The first-order chi connectivity index (χ1) is 15.7. The van der Waals surface area contributed by atoms with Crippen molar-refractivity contribution in [3.63, 3.8) is 0 Å². The number of hydrogen-bond donors (Lipinski definition) is 2. The number of benzene rings is 2. The van der Waals surface area contributed by atoms with Gasteiger partial charge in [-0.1, -0.05) is 13.0 Å². The van der Waals surface area contributed by atoms with Crippen molar-refractivity contribution >= 4 is 11.7 Å². The molecule has 0 spiro atoms. The summed E-state index contributed by atoms with van der Waals surface area (Å²) in [5.74, 6) is 12.9. The SMILES string of the molecule is CCc1c(C)nn(-c2ccc(OCc3c(OC)cccc3N(N)C(=O)N(C)N)c(C)c2)c1C. The molecule has 0 bridgehead atoms. The largest absolute Gasteiger partial charge is 0.496 e. The van der Waals surface area contributed by atoms with Gasteiger partial charge in [-0.05, 0) is 68.7 Å². The Labute approximate surface area is 194 Å². The molecule has 0 atom stereocenters. The lowest BCUT2D eigenvalue weighted by Gasteiger charge is -2.24. The minimum Gasteiger partial charge on any atom is -0.496 e. The van der Waals surface area contributed by atoms with Crippen LogP contribution in [0.25, 0.3) is 5.69 Å². The van der Waals surface area contributed by atoms with E-state index in [1.54, 1.807) is 25.3 Å². The minimum atomic E-state index is -0.568. The Morgan fingerprint density at radius 1 is 1.09 bits per heavy atom. The zero-order valence-corrected chi connectivity index (χ0v) is 20.0. The predicted octanol–water partition coefficient (Wildman–Crippen LogP) is 3.55. The van der Waals surface area contributed by atoms with Crippen molar-refractivity contribution < 1.29 is 14.3 Å². The van der Waals surface area contributed by atoms with Gasteiger partial charge in [0.2, 0.25) is 0 Å². The van der Waals surface area contributed by atoms with E-state index in [0.717, 1.165) is 39.1 Å². The first-order valence-corrected chi connectivity index (χ1v) is 10.7. The molecule has 3 aromatic rings. The highest BCUT2D eigenvalue weighted by Gasteiger charge is 2.21. The van der Waals surface area contributed by atoms with Gasteiger partial charge in [0.15, 0.2) is 0 Å². The van der Waals surface area contributed by atoms with Crippen LogP contribution in [-0.4, -0.2) is 35.0 Å². The average Bonchev–Trinajstić information content (AvgIpc) is 3.09. The lowest BCUT2D eigenvalue weighted by atomic mass is 10.1. The van der Waals surface area contributed by atoms with Gasteiger partial charge in [-0.15, -0.1) is 0 Å². The molecule has 0 unspecified atom stereocenters. The van der Waals surface area contributed by atoms with E-state index < -0.39 is 6.03 Å². The molecule has 0 saturated carbocycles. The number of carbonyl (C=O) groups is 1. The Balaban J connectivity index is 1.88. The highest BCUT2D eigenvalue weighted by atomic mass is 16.5. The maximum Gasteiger partial charge on any atom is 0.352 e. The van der Waals surface area contributed by atoms with Crippen molar-refractivity contribution in [3.05, 3.63) is 64.5 Å². The van der Waals surface area contributed by atoms with Gasteiger partial charge >= 0.3 is 6.03 Å². The summed E-state index contributed by atoms with van der Waals surface area (Å²) in [6.45, 7) is 8.38. The minimum absolute atomic E-state index is 0.148. The normalized spacial score (nSPS) is 10.8. The molecule has 3 rings (SSSR count). The number of nitrogens with zero attached hydrogens (tertiary/aromatic N) is 4. The zero-order chi connectivity index (χ0) is 24.3. The number of hydrazine groups is 2. The highest BCUT2D eigenvalue weighted by Crippen LogP contribution is 2.31. The van der Waals surface area contributed by atoms with Crippen molar-refractivity contribution in [2.24, 2.45) is 11.7 Å². The first-order valence-electron chi connectivity index (χ1n) is 10.7. The number of amides is 2. The van der Waals surface area contributed by atoms with Crippen LogP contribution in [0.5, 0.6) is 11.5 Å². The van der Waals surface area contributed by atoms with Crippen molar-refractivity contribution in [1.82, 2.24) is 14.8 Å². The van der Waals surface area contributed by atoms with Crippen LogP contribution in [0.1, 0.15) is 35.0 Å². The molecule has 2 amide bonds. The fraction of sp³-hybridized carbons (Fsp3) is 0.333. The van der Waals surface area contributed by atoms with Gasteiger partial charge in [0, 0.05) is 12.7 Å². The van der Waals surface area contributed by atoms with Gasteiger partial charge in [-0.2, -0.15) is 5.10 Å². The van der Waals surface area contributed by atoms with E-state index in [9.17, 15) is 4.79 Å². The van der Waals surface area contributed by atoms with Gasteiger partial charge in [0.05, 0.1) is 29.7 Å². The van der Waals surface area contributed by atoms with Crippen LogP contribution in [0.3, 0.4) is 0 Å². The van der Waals surface area contributed by atoms with Crippen molar-refractivity contribution in [2.45, 2.75) is 40.7 Å². The van der Waals surface area contributed by atoms with E-state index in [2.05, 4.69) is 13.8 Å². The molecular formula is C24H32N6O3. The molecule has 1 heterocycles. The summed E-state index contributed by atoms with van der Waals surface area (Å²) >= 11 is 0. The number of aryl methyl sites for hydroxylation is 2. The summed E-state index contributed by atoms with van der Waals surface area (Å²) < 4.78 is 13.6. The van der Waals surface area contributed by atoms with Crippen LogP contribution in [0.2, 0.25) is 0 Å². The number of nitrogens with two attached hydrogens (primary N) is 2. The van der Waals surface area contributed by atoms with Gasteiger partial charge in [0.25, 0.3) is 0 Å². The molecular weight excluding hydrogens is 420 g/mol. The average molecular weight is 453 g/mol. The molecule has 4 N–H and O–H groups in total. The molecule has 2 aromatic carbocycles. The maximum absolute atomic E-state index is 12.3. The molecule has 9 heteroatoms. The van der Waals surface area contributed by atoms with E-state index in [1.807, 2.05) is 36.7 Å². The summed E-state index contributed by atoms with van der Waals surface area (Å²) in [5.41, 5.74) is 6.45. The second-order valence-electron chi connectivity index (χ2n) is 7.87. The number of methoxy groups -OCH3 is 1. The molecule has 0 aliphatic heterocycles. The molecule has 0 radical (unpaired) electrons. The van der Waals surface area contributed by atoms with Crippen LogP contribution in [-0.2, 0) is 13.0 Å². The summed E-state index contributed by atoms with van der Waals surface area (Å²) in [4.78, 5) is 12.3. The molecule has 0 aliphatic carbocycles. The van der Waals surface area contributed by atoms with E-state index >= 15 is 0 Å². The molecule has 9 nitrogen and oxygen atoms in total. The van der Waals surface area contributed by atoms with Crippen LogP contribution in [0.15, 0.2) is 36.4 Å². The number of anilines is 1. The standard InChI is InChI=1S/C24H32N6O3/c1-7-19-16(3)27-30(17(19)4)18-11-12-22(15(2)13-18)33-14-20-21(9-8-10-23(20)32-6)29(26)24(31)28(5)25/h8-13H,7,14,25-26H2,1-6H3. The number of aromatic nitrogens is 2. The smallest absolute Gasteiger partial charge is 0.352 e. The lowest BCUT2D eigenvalue weighted by molar-refractivity contribution is 0.216. The Morgan fingerprint density at radius 3 is 2.39 bits per heavy atom. The van der Waals surface area contributed by atoms with Gasteiger partial charge in [-0.25, -0.2) is 26.2 Å². The molecule has 33 heavy (non-hydrogen) atoms. The van der Waals surface area contributed by atoms with Gasteiger partial charge in [-0.3, -0.25) is 5.01 Å². The molecule has 176 valence electrons. The molecule has 0 aliphatic rings. The number of carbonyl (C=O) groups excluding carboxylic acids is 1. The molecule has 0 fully saturated rings. The third-order valence-corrected chi connectivity index (χ3v) is 5.67. The quantitative estimate of drug-likeness (QED) is 0.322. The van der Waals surface area contributed by atoms with E-state index in [4.69, 9.17) is 26.3 Å². The van der Waals surface area contributed by atoms with Crippen molar-refractivity contribution in [2.75, 3.05) is 19.2 Å². The molecule has 0 saturated heterocycles. The third-order valence-electron chi connectivity index (χ3n) is 5.67. The van der Waals surface area contributed by atoms with Gasteiger partial charge < -0.3 is 9.47 Å². The van der Waals surface area contributed by atoms with Crippen molar-refractivity contribution in [1.29, 1.82) is 0 Å². The van der Waals surface area contributed by atoms with E-state index in [0.29, 0.717) is 22.7 Å². The van der Waals surface area contributed by atoms with E-state index in [1.165, 1.54) is 12.6 Å². The number of ether oxygens (including phenoxy) is 2. The Morgan fingerprint density at radius 2 is 1.82 bits per heavy atom. The Kier molecular flexibility index (Phi) is 7.25. The monoisotopic (exact) mass is 452 g/mol. The zero-order valence-electron chi connectivity index (χ0n) is 20.0. The topological polar surface area (TPSA) is 112 Å². The fourth-order valence-corrected chi connectivity index (χ4v) is 3.90. The molecule has 1 aromatic heterocycles. The predicted molar refractivity (Wildman–Crippen MR) is 128 cm³/mol. The Hall–Kier alpha value is -3.56. The van der Waals surface area contributed by atoms with Crippen LogP contribution >= 0.6 is 0 Å². The Bertz CT molecular complexity index is 1160. The number of urea groups is 1. The highest BCUT2D eigenvalue weighted by molar-refractivity contribution is 5.91. The summed E-state index contributed by atoms with van der Waals surface area (Å²) in [6, 6.07) is 10.6. The summed E-state index contributed by atoms with van der Waals surface area (Å²) in [6.07, 6.45) is 0.944. The fourth-order valence-electron chi connectivity index (χ4n) is 3.90. The van der Waals surface area contributed by atoms with Crippen LogP contribution in [0.4, 0.5) is 10.5 Å². The summed E-state index contributed by atoms with van der Waals surface area (Å²) in [5, 5.41) is 6.58. The summed E-state index contributed by atoms with van der Waals surface area (Å²) in [7, 11) is 2.98. The number of hydrogen-bond acceptors (Lipinski definition) is 6.